The van der Waals surface area contributed by atoms with Crippen molar-refractivity contribution >= 4 is 34.1 Å². The Balaban J connectivity index is 1.35. The zero-order valence-electron chi connectivity index (χ0n) is 23.5. The van der Waals surface area contributed by atoms with Gasteiger partial charge in [0.15, 0.2) is 11.6 Å². The first kappa shape index (κ1) is 29.4. The van der Waals surface area contributed by atoms with Gasteiger partial charge in [0.05, 0.1) is 11.2 Å². The fourth-order valence-corrected chi connectivity index (χ4v) is 5.71. The molecule has 2 amide bonds. The van der Waals surface area contributed by atoms with E-state index >= 15 is 4.39 Å². The number of para-hydroxylation sites is 1. The number of nitrogens with zero attached hydrogens (tertiary/aromatic N) is 2. The summed E-state index contributed by atoms with van der Waals surface area (Å²) in [7, 11) is 0. The lowest BCUT2D eigenvalue weighted by Gasteiger charge is -2.20. The van der Waals surface area contributed by atoms with Crippen molar-refractivity contribution in [1.82, 2.24) is 14.9 Å². The van der Waals surface area contributed by atoms with Gasteiger partial charge in [-0.3, -0.25) is 19.4 Å². The number of nitrogens with one attached hydrogen (secondary N) is 1. The van der Waals surface area contributed by atoms with Gasteiger partial charge in [-0.1, -0.05) is 18.2 Å². The molecule has 6 aromatic rings. The first-order valence-electron chi connectivity index (χ1n) is 13.8. The van der Waals surface area contributed by atoms with Gasteiger partial charge in [-0.15, -0.1) is 11.3 Å². The summed E-state index contributed by atoms with van der Waals surface area (Å²) in [6.45, 7) is 0.424. The molecule has 0 aliphatic heterocycles. The van der Waals surface area contributed by atoms with Gasteiger partial charge in [0.1, 0.15) is 22.8 Å². The highest BCUT2D eigenvalue weighted by atomic mass is 32.1. The summed E-state index contributed by atoms with van der Waals surface area (Å²) >= 11 is 1.60. The van der Waals surface area contributed by atoms with E-state index in [1.165, 1.54) is 54.7 Å². The number of hydrogen-bond acceptors (Lipinski definition) is 6. The predicted molar refractivity (Wildman–Crippen MR) is 168 cm³/mol. The lowest BCUT2D eigenvalue weighted by atomic mass is 10.00. The number of amides is 2. The summed E-state index contributed by atoms with van der Waals surface area (Å²) in [5.74, 6) is -2.70. The van der Waals surface area contributed by atoms with Gasteiger partial charge in [0.25, 0.3) is 11.8 Å². The molecule has 0 bridgehead atoms. The zero-order chi connectivity index (χ0) is 31.5. The van der Waals surface area contributed by atoms with Crippen LogP contribution in [0.3, 0.4) is 0 Å². The van der Waals surface area contributed by atoms with Gasteiger partial charge in [-0.2, -0.15) is 0 Å². The highest BCUT2D eigenvalue weighted by Crippen LogP contribution is 2.34. The number of nitrogens with two attached hydrogens (primary N) is 1. The molecule has 0 unspecified atom stereocenters. The molecule has 3 aromatic carbocycles. The summed E-state index contributed by atoms with van der Waals surface area (Å²) in [6, 6.07) is 22.8. The number of benzene rings is 3. The van der Waals surface area contributed by atoms with Gasteiger partial charge < -0.3 is 20.4 Å². The van der Waals surface area contributed by atoms with Crippen LogP contribution in [0.15, 0.2) is 107 Å². The van der Waals surface area contributed by atoms with Crippen LogP contribution >= 0.6 is 11.3 Å². The normalized spacial score (nSPS) is 11.0. The number of aromatic nitrogens is 2. The Morgan fingerprint density at radius 3 is 2.49 bits per heavy atom. The minimum absolute atomic E-state index is 0.0358. The van der Waals surface area contributed by atoms with E-state index < -0.39 is 28.9 Å². The summed E-state index contributed by atoms with van der Waals surface area (Å²) in [5.41, 5.74) is 5.86. The lowest BCUT2D eigenvalue weighted by molar-refractivity contribution is 0.0947. The van der Waals surface area contributed by atoms with E-state index in [0.717, 1.165) is 10.9 Å². The Labute approximate surface area is 259 Å². The van der Waals surface area contributed by atoms with E-state index in [-0.39, 0.29) is 39.4 Å². The van der Waals surface area contributed by atoms with Gasteiger partial charge in [-0.25, -0.2) is 8.78 Å². The van der Waals surface area contributed by atoms with Crippen LogP contribution in [0.25, 0.3) is 27.8 Å². The number of pyridine rings is 2. The molecule has 0 atom stereocenters. The Kier molecular flexibility index (Phi) is 8.17. The number of carbonyl (C=O) groups excluding carboxylic acids is 2. The first-order valence-corrected chi connectivity index (χ1v) is 14.7. The van der Waals surface area contributed by atoms with E-state index in [1.54, 1.807) is 40.2 Å². The second-order valence-corrected chi connectivity index (χ2v) is 11.0. The molecule has 0 radical (unpaired) electrons. The molecule has 8 nitrogen and oxygen atoms in total. The molecule has 0 aliphatic rings. The van der Waals surface area contributed by atoms with Gasteiger partial charge >= 0.3 is 0 Å². The maximum atomic E-state index is 15.6. The number of carbonyl (C=O) groups is 2. The van der Waals surface area contributed by atoms with Gasteiger partial charge in [0.2, 0.25) is 5.43 Å². The van der Waals surface area contributed by atoms with Crippen molar-refractivity contribution in [2.24, 2.45) is 5.73 Å². The molecule has 0 fully saturated rings. The molecule has 0 spiro atoms. The van der Waals surface area contributed by atoms with Crippen LogP contribution < -0.4 is 21.2 Å². The highest BCUT2D eigenvalue weighted by Gasteiger charge is 2.24. The zero-order valence-corrected chi connectivity index (χ0v) is 24.3. The molecule has 3 aromatic heterocycles. The average Bonchev–Trinajstić information content (AvgIpc) is 3.56. The first-order chi connectivity index (χ1) is 21.8. The second kappa shape index (κ2) is 12.5. The van der Waals surface area contributed by atoms with Crippen molar-refractivity contribution in [1.29, 1.82) is 0 Å². The Morgan fingerprint density at radius 2 is 1.76 bits per heavy atom. The van der Waals surface area contributed by atoms with E-state index in [0.29, 0.717) is 24.2 Å². The third-order valence-electron chi connectivity index (χ3n) is 7.04. The Morgan fingerprint density at radius 1 is 0.956 bits per heavy atom. The van der Waals surface area contributed by atoms with Crippen molar-refractivity contribution < 1.29 is 23.1 Å². The quantitative estimate of drug-likeness (QED) is 0.198. The van der Waals surface area contributed by atoms with Gasteiger partial charge in [-0.05, 0) is 78.5 Å². The maximum absolute atomic E-state index is 15.6. The standard InChI is InChI=1S/C34H24F2N4O4S/c35-21-8-10-22(11-9-21)40-28-6-2-1-5-25(28)32(41)30(33(37)42)31(40)20-7-12-29(26(36)18-20)44-23-13-15-38-27(19-23)34(43)39-16-14-24-4-3-17-45-24/h1-13,15,17-19H,14,16H2,(H2,37,42)(H,39,43). The average molecular weight is 623 g/mol. The number of fused-ring (bicyclic) bond motifs is 1. The summed E-state index contributed by atoms with van der Waals surface area (Å²) in [5, 5.41) is 4.99. The molecule has 0 saturated heterocycles. The van der Waals surface area contributed by atoms with E-state index in [9.17, 15) is 18.8 Å². The molecule has 6 rings (SSSR count). The van der Waals surface area contributed by atoms with Crippen LogP contribution in [0.4, 0.5) is 8.78 Å². The minimum atomic E-state index is -1.00. The molecule has 224 valence electrons. The van der Waals surface area contributed by atoms with E-state index in [2.05, 4.69) is 10.3 Å². The van der Waals surface area contributed by atoms with Crippen LogP contribution in [0.2, 0.25) is 0 Å². The monoisotopic (exact) mass is 622 g/mol. The fraction of sp³-hybridized carbons (Fsp3) is 0.0588. The maximum Gasteiger partial charge on any atom is 0.270 e. The van der Waals surface area contributed by atoms with Crippen molar-refractivity contribution in [2.75, 3.05) is 6.54 Å². The molecule has 3 heterocycles. The number of halogens is 2. The van der Waals surface area contributed by atoms with Crippen molar-refractivity contribution in [3.63, 3.8) is 0 Å². The predicted octanol–water partition coefficient (Wildman–Crippen LogP) is 6.26. The number of thiophene rings is 1. The summed E-state index contributed by atoms with van der Waals surface area (Å²) < 4.78 is 36.8. The largest absolute Gasteiger partial charge is 0.454 e. The smallest absolute Gasteiger partial charge is 0.270 e. The molecular weight excluding hydrogens is 598 g/mol. The lowest BCUT2D eigenvalue weighted by Crippen LogP contribution is -2.26. The topological polar surface area (TPSA) is 116 Å². The molecule has 3 N–H and O–H groups in total. The minimum Gasteiger partial charge on any atom is -0.454 e. The van der Waals surface area contributed by atoms with Crippen LogP contribution in [0.5, 0.6) is 11.5 Å². The number of ether oxygens (including phenoxy) is 1. The molecule has 11 heteroatoms. The summed E-state index contributed by atoms with van der Waals surface area (Å²) in [6.07, 6.45) is 2.06. The molecule has 0 aliphatic carbocycles. The number of primary amides is 1. The number of rotatable bonds is 9. The molecule has 45 heavy (non-hydrogen) atoms. The van der Waals surface area contributed by atoms with Gasteiger partial charge in [0, 0.05) is 40.3 Å². The Bertz CT molecular complexity index is 2110. The van der Waals surface area contributed by atoms with Crippen molar-refractivity contribution in [2.45, 2.75) is 6.42 Å². The van der Waals surface area contributed by atoms with Crippen LogP contribution in [-0.4, -0.2) is 27.9 Å². The second-order valence-electron chi connectivity index (χ2n) is 9.96. The van der Waals surface area contributed by atoms with Crippen LogP contribution in [0, 0.1) is 11.6 Å². The van der Waals surface area contributed by atoms with Crippen molar-refractivity contribution in [3.05, 3.63) is 141 Å². The SMILES string of the molecule is NC(=O)c1c(-c2ccc(Oc3ccnc(C(=O)NCCc4cccs4)c3)c(F)c2)n(-c2ccc(F)cc2)c2ccccc2c1=O. The molecule has 0 saturated carbocycles. The number of hydrogen-bond donors (Lipinski definition) is 2. The fourth-order valence-electron chi connectivity index (χ4n) is 5.00. The molecular formula is C34H24F2N4O4S. The Hall–Kier alpha value is -5.68. The van der Waals surface area contributed by atoms with E-state index in [1.807, 2.05) is 17.5 Å². The third-order valence-corrected chi connectivity index (χ3v) is 7.98. The van der Waals surface area contributed by atoms with Crippen molar-refractivity contribution in [3.8, 4) is 28.4 Å². The van der Waals surface area contributed by atoms with E-state index in [4.69, 9.17) is 10.5 Å². The highest BCUT2D eigenvalue weighted by molar-refractivity contribution is 7.09. The van der Waals surface area contributed by atoms with Crippen LogP contribution in [0.1, 0.15) is 25.7 Å². The summed E-state index contributed by atoms with van der Waals surface area (Å²) in [4.78, 5) is 44.0. The van der Waals surface area contributed by atoms with Crippen LogP contribution in [-0.2, 0) is 6.42 Å². The third kappa shape index (κ3) is 6.06.